The summed E-state index contributed by atoms with van der Waals surface area (Å²) >= 11 is 0. The van der Waals surface area contributed by atoms with E-state index in [-0.39, 0.29) is 29.2 Å². The van der Waals surface area contributed by atoms with Crippen LogP contribution in [0.3, 0.4) is 0 Å². The van der Waals surface area contributed by atoms with Crippen molar-refractivity contribution in [3.05, 3.63) is 33.2 Å². The first kappa shape index (κ1) is 16.7. The molecule has 1 aromatic heterocycles. The third-order valence-electron chi connectivity index (χ3n) is 4.00. The zero-order chi connectivity index (χ0) is 16.3. The summed E-state index contributed by atoms with van der Waals surface area (Å²) in [6, 6.07) is 1.37. The number of aromatic nitrogens is 1. The van der Waals surface area contributed by atoms with E-state index in [0.29, 0.717) is 6.42 Å². The molecule has 1 atom stereocenters. The van der Waals surface area contributed by atoms with Crippen LogP contribution >= 0.6 is 0 Å². The fourth-order valence-electron chi connectivity index (χ4n) is 3.01. The maximum atomic E-state index is 12.4. The van der Waals surface area contributed by atoms with Gasteiger partial charge in [-0.25, -0.2) is 0 Å². The van der Waals surface area contributed by atoms with Gasteiger partial charge in [-0.1, -0.05) is 20.8 Å². The normalized spacial score (nSPS) is 16.0. The lowest BCUT2D eigenvalue weighted by atomic mass is 9.88. The fraction of sp³-hybridized carbons (Fsp3) is 0.647. The number of aromatic amines is 1. The molecule has 0 bridgehead atoms. The van der Waals surface area contributed by atoms with Gasteiger partial charge in [0.1, 0.15) is 5.56 Å². The first-order valence-corrected chi connectivity index (χ1v) is 7.97. The van der Waals surface area contributed by atoms with Crippen molar-refractivity contribution in [1.82, 2.24) is 10.3 Å². The van der Waals surface area contributed by atoms with Gasteiger partial charge in [-0.3, -0.25) is 9.59 Å². The average Bonchev–Trinajstić information content (AvgIpc) is 2.44. The van der Waals surface area contributed by atoms with Gasteiger partial charge in [0.2, 0.25) is 0 Å². The quantitative estimate of drug-likeness (QED) is 0.793. The van der Waals surface area contributed by atoms with Crippen LogP contribution < -0.4 is 10.9 Å². The predicted molar refractivity (Wildman–Crippen MR) is 86.1 cm³/mol. The molecule has 0 radical (unpaired) electrons. The van der Waals surface area contributed by atoms with Gasteiger partial charge < -0.3 is 15.4 Å². The molecule has 22 heavy (non-hydrogen) atoms. The molecule has 2 rings (SSSR count). The van der Waals surface area contributed by atoms with Crippen LogP contribution in [0.2, 0.25) is 0 Å². The number of hydrogen-bond acceptors (Lipinski definition) is 3. The van der Waals surface area contributed by atoms with E-state index in [1.807, 2.05) is 20.8 Å². The van der Waals surface area contributed by atoms with Crippen LogP contribution in [0.15, 0.2) is 10.9 Å². The molecule has 0 aliphatic heterocycles. The van der Waals surface area contributed by atoms with Crippen molar-refractivity contribution in [2.45, 2.75) is 58.9 Å². The number of aliphatic hydroxyl groups excluding tert-OH is 1. The second kappa shape index (κ2) is 6.65. The molecule has 1 aromatic rings. The number of aryl methyl sites for hydroxylation is 2. The van der Waals surface area contributed by atoms with Crippen LogP contribution in [0.4, 0.5) is 0 Å². The van der Waals surface area contributed by atoms with Crippen molar-refractivity contribution in [1.29, 1.82) is 0 Å². The van der Waals surface area contributed by atoms with Crippen molar-refractivity contribution in [2.24, 2.45) is 5.41 Å². The highest BCUT2D eigenvalue weighted by molar-refractivity contribution is 5.94. The molecule has 3 N–H and O–H groups in total. The van der Waals surface area contributed by atoms with Crippen LogP contribution in [0.1, 0.15) is 61.6 Å². The van der Waals surface area contributed by atoms with Crippen LogP contribution in [-0.4, -0.2) is 28.6 Å². The molecule has 1 aliphatic rings. The number of rotatable bonds is 4. The first-order valence-electron chi connectivity index (χ1n) is 7.97. The lowest BCUT2D eigenvalue weighted by Crippen LogP contribution is -2.42. The number of amides is 1. The number of carbonyl (C=O) groups is 1. The number of aliphatic hydroxyl groups is 1. The number of hydrogen-bond donors (Lipinski definition) is 3. The Bertz CT molecular complexity index is 599. The van der Waals surface area contributed by atoms with E-state index in [9.17, 15) is 14.7 Å². The van der Waals surface area contributed by atoms with Crippen molar-refractivity contribution < 1.29 is 9.90 Å². The SMILES string of the molecule is CC(C)(C)CC(CO)NC(=O)c1cc2c([nH]c1=O)CCCC2. The Balaban J connectivity index is 2.17. The smallest absolute Gasteiger partial charge is 0.261 e. The summed E-state index contributed by atoms with van der Waals surface area (Å²) < 4.78 is 0. The summed E-state index contributed by atoms with van der Waals surface area (Å²) in [5.41, 5.74) is 1.82. The molecule has 0 saturated carbocycles. The highest BCUT2D eigenvalue weighted by Crippen LogP contribution is 2.21. The predicted octanol–water partition coefficient (Wildman–Crippen LogP) is 1.78. The molecular formula is C17H26N2O3. The molecule has 122 valence electrons. The maximum Gasteiger partial charge on any atom is 0.261 e. The molecule has 1 aliphatic carbocycles. The maximum absolute atomic E-state index is 12.4. The third-order valence-corrected chi connectivity index (χ3v) is 4.00. The molecule has 1 amide bonds. The molecular weight excluding hydrogens is 280 g/mol. The van der Waals surface area contributed by atoms with Gasteiger partial charge in [-0.15, -0.1) is 0 Å². The van der Waals surface area contributed by atoms with Gasteiger partial charge >= 0.3 is 0 Å². The van der Waals surface area contributed by atoms with Crippen molar-refractivity contribution in [3.8, 4) is 0 Å². The molecule has 5 nitrogen and oxygen atoms in total. The summed E-state index contributed by atoms with van der Waals surface area (Å²) in [7, 11) is 0. The zero-order valence-corrected chi connectivity index (χ0v) is 13.7. The monoisotopic (exact) mass is 306 g/mol. The Morgan fingerprint density at radius 1 is 1.36 bits per heavy atom. The third kappa shape index (κ3) is 4.19. The van der Waals surface area contributed by atoms with Crippen LogP contribution in [0, 0.1) is 5.41 Å². The van der Waals surface area contributed by atoms with E-state index < -0.39 is 5.91 Å². The minimum atomic E-state index is -0.405. The van der Waals surface area contributed by atoms with Crippen molar-refractivity contribution in [3.63, 3.8) is 0 Å². The number of H-pyrrole nitrogens is 1. The highest BCUT2D eigenvalue weighted by Gasteiger charge is 2.22. The molecule has 1 heterocycles. The van der Waals surface area contributed by atoms with Crippen LogP contribution in [-0.2, 0) is 12.8 Å². The molecule has 0 spiro atoms. The molecule has 0 saturated heterocycles. The molecule has 0 fully saturated rings. The van der Waals surface area contributed by atoms with Crippen molar-refractivity contribution >= 4 is 5.91 Å². The van der Waals surface area contributed by atoms with Gasteiger partial charge in [0.25, 0.3) is 11.5 Å². The van der Waals surface area contributed by atoms with Gasteiger partial charge in [-0.05, 0) is 49.1 Å². The average molecular weight is 306 g/mol. The Hall–Kier alpha value is -1.62. The number of fused-ring (bicyclic) bond motifs is 1. The minimum Gasteiger partial charge on any atom is -0.394 e. The summed E-state index contributed by atoms with van der Waals surface area (Å²) in [5.74, 6) is -0.405. The molecule has 0 aromatic carbocycles. The van der Waals surface area contributed by atoms with E-state index in [4.69, 9.17) is 0 Å². The summed E-state index contributed by atoms with van der Waals surface area (Å²) in [6.07, 6.45) is 4.59. The highest BCUT2D eigenvalue weighted by atomic mass is 16.3. The Morgan fingerprint density at radius 3 is 2.68 bits per heavy atom. The lowest BCUT2D eigenvalue weighted by Gasteiger charge is -2.25. The largest absolute Gasteiger partial charge is 0.394 e. The standard InChI is InChI=1S/C17H26N2O3/c1-17(2,3)9-12(10-20)18-15(21)13-8-11-6-4-5-7-14(11)19-16(13)22/h8,12,20H,4-7,9-10H2,1-3H3,(H,18,21)(H,19,22). The fourth-order valence-corrected chi connectivity index (χ4v) is 3.01. The number of nitrogens with one attached hydrogen (secondary N) is 2. The first-order chi connectivity index (χ1) is 10.3. The van der Waals surface area contributed by atoms with E-state index in [1.54, 1.807) is 6.07 Å². The topological polar surface area (TPSA) is 82.2 Å². The van der Waals surface area contributed by atoms with Gasteiger partial charge in [-0.2, -0.15) is 0 Å². The van der Waals surface area contributed by atoms with Gasteiger partial charge in [0.05, 0.1) is 12.6 Å². The van der Waals surface area contributed by atoms with Crippen molar-refractivity contribution in [2.75, 3.05) is 6.61 Å². The van der Waals surface area contributed by atoms with Gasteiger partial charge in [0.15, 0.2) is 0 Å². The minimum absolute atomic E-state index is 0.0110. The zero-order valence-electron chi connectivity index (χ0n) is 13.7. The van der Waals surface area contributed by atoms with Crippen LogP contribution in [0.5, 0.6) is 0 Å². The van der Waals surface area contributed by atoms with E-state index in [2.05, 4.69) is 10.3 Å². The molecule has 5 heteroatoms. The van der Waals surface area contributed by atoms with E-state index in [1.165, 1.54) is 0 Å². The Morgan fingerprint density at radius 2 is 2.05 bits per heavy atom. The van der Waals surface area contributed by atoms with E-state index in [0.717, 1.165) is 36.9 Å². The Labute approximate surface area is 131 Å². The van der Waals surface area contributed by atoms with E-state index >= 15 is 0 Å². The summed E-state index contributed by atoms with van der Waals surface area (Å²) in [5, 5.41) is 12.2. The number of pyridine rings is 1. The Kier molecular flexibility index (Phi) is 5.06. The molecule has 1 unspecified atom stereocenters. The second-order valence-corrected chi connectivity index (χ2v) is 7.34. The number of carbonyl (C=O) groups excluding carboxylic acids is 1. The summed E-state index contributed by atoms with van der Waals surface area (Å²) in [6.45, 7) is 6.01. The van der Waals surface area contributed by atoms with Gasteiger partial charge in [0, 0.05) is 5.69 Å². The lowest BCUT2D eigenvalue weighted by molar-refractivity contribution is 0.0896. The summed E-state index contributed by atoms with van der Waals surface area (Å²) in [4.78, 5) is 27.3. The second-order valence-electron chi connectivity index (χ2n) is 7.34. The van der Waals surface area contributed by atoms with Crippen LogP contribution in [0.25, 0.3) is 0 Å².